The van der Waals surface area contributed by atoms with Crippen LogP contribution in [0.1, 0.15) is 54.3 Å². The van der Waals surface area contributed by atoms with Crippen molar-refractivity contribution in [3.05, 3.63) is 29.3 Å². The summed E-state index contributed by atoms with van der Waals surface area (Å²) < 4.78 is 25.6. The van der Waals surface area contributed by atoms with E-state index in [1.165, 1.54) is 18.2 Å². The predicted octanol–water partition coefficient (Wildman–Crippen LogP) is 1.52. The van der Waals surface area contributed by atoms with Gasteiger partial charge in [-0.25, -0.2) is 12.7 Å². The number of carbonyl (C=O) groups is 2. The fraction of sp³-hybridized carbons (Fsp3) is 0.500. The van der Waals surface area contributed by atoms with E-state index in [4.69, 9.17) is 5.73 Å². The Morgan fingerprint density at radius 1 is 1.24 bits per heavy atom. The second-order valence-corrected chi connectivity index (χ2v) is 7.66. The zero-order chi connectivity index (χ0) is 18.1. The van der Waals surface area contributed by atoms with Gasteiger partial charge < -0.3 is 11.1 Å². The number of nitrogens with zero attached hydrogens (tertiary/aromatic N) is 1. The lowest BCUT2D eigenvalue weighted by Gasteiger charge is -2.31. The highest BCUT2D eigenvalue weighted by atomic mass is 35.5. The second-order valence-electron chi connectivity index (χ2n) is 5.83. The fourth-order valence-electron chi connectivity index (χ4n) is 2.81. The van der Waals surface area contributed by atoms with Crippen molar-refractivity contribution in [3.63, 3.8) is 0 Å². The van der Waals surface area contributed by atoms with Gasteiger partial charge in [0.25, 0.3) is 21.8 Å². The second kappa shape index (κ2) is 7.72. The Balaban J connectivity index is 0.00000312. The van der Waals surface area contributed by atoms with E-state index in [1.807, 2.05) is 13.8 Å². The summed E-state index contributed by atoms with van der Waals surface area (Å²) in [5.74, 6) is -0.956. The summed E-state index contributed by atoms with van der Waals surface area (Å²) in [4.78, 5) is 24.5. The quantitative estimate of drug-likeness (QED) is 0.766. The van der Waals surface area contributed by atoms with Gasteiger partial charge in [0.15, 0.2) is 0 Å². The molecular weight excluding hydrogens is 366 g/mol. The van der Waals surface area contributed by atoms with Gasteiger partial charge in [-0.1, -0.05) is 13.8 Å². The number of benzene rings is 1. The highest BCUT2D eigenvalue weighted by molar-refractivity contribution is 7.90. The Kier molecular flexibility index (Phi) is 6.61. The van der Waals surface area contributed by atoms with Crippen LogP contribution in [-0.4, -0.2) is 43.2 Å². The summed E-state index contributed by atoms with van der Waals surface area (Å²) in [6.07, 6.45) is 1.33. The molecule has 0 saturated carbocycles. The lowest BCUT2D eigenvalue weighted by molar-refractivity contribution is 0.0870. The van der Waals surface area contributed by atoms with Crippen LogP contribution in [0.5, 0.6) is 0 Å². The Morgan fingerprint density at radius 2 is 1.84 bits per heavy atom. The molecule has 2 rings (SSSR count). The number of amides is 2. The molecule has 0 unspecified atom stereocenters. The standard InChI is InChI=1S/C16H23N3O4S.ClH/c1-4-16(5-2,10-17)18-14(20)11-7-8-12-13(9-11)24(22,23)19(6-3)15(12)21;/h7-9H,4-6,10,17H2,1-3H3,(H,18,20);1H. The van der Waals surface area contributed by atoms with Gasteiger partial charge in [0, 0.05) is 18.7 Å². The van der Waals surface area contributed by atoms with Gasteiger partial charge in [-0.15, -0.1) is 12.4 Å². The van der Waals surface area contributed by atoms with Gasteiger partial charge in [0.2, 0.25) is 0 Å². The molecule has 0 atom stereocenters. The monoisotopic (exact) mass is 389 g/mol. The number of rotatable bonds is 6. The van der Waals surface area contributed by atoms with E-state index >= 15 is 0 Å². The normalized spacial score (nSPS) is 15.5. The Morgan fingerprint density at radius 3 is 2.32 bits per heavy atom. The van der Waals surface area contributed by atoms with E-state index in [0.717, 1.165) is 4.31 Å². The van der Waals surface area contributed by atoms with Crippen LogP contribution >= 0.6 is 12.4 Å². The third-order valence-corrected chi connectivity index (χ3v) is 6.58. The first-order valence-corrected chi connectivity index (χ1v) is 9.44. The SMILES string of the molecule is CCN1C(=O)c2ccc(C(=O)NC(CC)(CC)CN)cc2S1(=O)=O.Cl. The molecule has 1 heterocycles. The molecule has 1 aliphatic heterocycles. The summed E-state index contributed by atoms with van der Waals surface area (Å²) in [5, 5.41) is 2.89. The molecule has 0 aromatic heterocycles. The Hall–Kier alpha value is -1.64. The first-order valence-electron chi connectivity index (χ1n) is 8.00. The molecule has 140 valence electrons. The lowest BCUT2D eigenvalue weighted by atomic mass is 9.92. The molecule has 0 bridgehead atoms. The molecule has 9 heteroatoms. The van der Waals surface area contributed by atoms with E-state index < -0.39 is 27.4 Å². The molecule has 3 N–H and O–H groups in total. The number of sulfonamides is 1. The minimum Gasteiger partial charge on any atom is -0.345 e. The largest absolute Gasteiger partial charge is 0.345 e. The summed E-state index contributed by atoms with van der Waals surface area (Å²) >= 11 is 0. The van der Waals surface area contributed by atoms with Crippen LogP contribution in [0.2, 0.25) is 0 Å². The summed E-state index contributed by atoms with van der Waals surface area (Å²) in [5.41, 5.74) is 5.55. The Bertz CT molecular complexity index is 767. The van der Waals surface area contributed by atoms with Gasteiger partial charge in [-0.05, 0) is 38.0 Å². The van der Waals surface area contributed by atoms with Gasteiger partial charge in [0.1, 0.15) is 4.90 Å². The van der Waals surface area contributed by atoms with Crippen molar-refractivity contribution in [1.82, 2.24) is 9.62 Å². The molecule has 1 aromatic rings. The summed E-state index contributed by atoms with van der Waals surface area (Å²) in [7, 11) is -3.88. The van der Waals surface area contributed by atoms with Crippen LogP contribution in [0.25, 0.3) is 0 Å². The molecule has 2 amide bonds. The van der Waals surface area contributed by atoms with Crippen molar-refractivity contribution in [2.45, 2.75) is 44.0 Å². The van der Waals surface area contributed by atoms with Crippen LogP contribution in [0.4, 0.5) is 0 Å². The average Bonchev–Trinajstić information content (AvgIpc) is 2.78. The number of nitrogens with two attached hydrogens (primary N) is 1. The van der Waals surface area contributed by atoms with Crippen LogP contribution in [0.3, 0.4) is 0 Å². The van der Waals surface area contributed by atoms with Crippen LogP contribution in [0, 0.1) is 0 Å². The third kappa shape index (κ3) is 3.51. The van der Waals surface area contributed by atoms with Gasteiger partial charge in [0.05, 0.1) is 11.1 Å². The molecule has 0 radical (unpaired) electrons. The van der Waals surface area contributed by atoms with E-state index in [2.05, 4.69) is 5.32 Å². The first-order chi connectivity index (χ1) is 11.3. The summed E-state index contributed by atoms with van der Waals surface area (Å²) in [6.45, 7) is 5.80. The average molecular weight is 390 g/mol. The number of nitrogens with one attached hydrogen (secondary N) is 1. The minimum absolute atomic E-state index is 0. The van der Waals surface area contributed by atoms with E-state index in [1.54, 1.807) is 6.92 Å². The number of hydrogen-bond acceptors (Lipinski definition) is 5. The third-order valence-electron chi connectivity index (χ3n) is 4.68. The molecule has 25 heavy (non-hydrogen) atoms. The molecule has 0 fully saturated rings. The highest BCUT2D eigenvalue weighted by Gasteiger charge is 2.40. The molecule has 0 saturated heterocycles. The maximum atomic E-state index is 12.5. The van der Waals surface area contributed by atoms with Crippen LogP contribution < -0.4 is 11.1 Å². The molecular formula is C16H24ClN3O4S. The van der Waals surface area contributed by atoms with Crippen molar-refractivity contribution in [3.8, 4) is 0 Å². The summed E-state index contributed by atoms with van der Waals surface area (Å²) in [6, 6.07) is 4.12. The Labute approximate surface area is 154 Å². The van der Waals surface area contributed by atoms with Crippen molar-refractivity contribution in [1.29, 1.82) is 0 Å². The minimum atomic E-state index is -3.88. The molecule has 0 aliphatic carbocycles. The fourth-order valence-corrected chi connectivity index (χ4v) is 4.41. The molecule has 1 aliphatic rings. The van der Waals surface area contributed by atoms with Crippen molar-refractivity contribution < 1.29 is 18.0 Å². The maximum Gasteiger partial charge on any atom is 0.268 e. The predicted molar refractivity (Wildman–Crippen MR) is 97.4 cm³/mol. The van der Waals surface area contributed by atoms with E-state index in [0.29, 0.717) is 12.8 Å². The van der Waals surface area contributed by atoms with Crippen molar-refractivity contribution in [2.75, 3.05) is 13.1 Å². The molecule has 0 spiro atoms. The topological polar surface area (TPSA) is 110 Å². The van der Waals surface area contributed by atoms with E-state index in [-0.39, 0.29) is 41.5 Å². The molecule has 1 aromatic carbocycles. The zero-order valence-corrected chi connectivity index (χ0v) is 16.2. The van der Waals surface area contributed by atoms with Gasteiger partial charge >= 0.3 is 0 Å². The number of carbonyl (C=O) groups excluding carboxylic acids is 2. The van der Waals surface area contributed by atoms with Crippen LogP contribution in [-0.2, 0) is 10.0 Å². The van der Waals surface area contributed by atoms with Crippen molar-refractivity contribution >= 4 is 34.2 Å². The van der Waals surface area contributed by atoms with Crippen molar-refractivity contribution in [2.24, 2.45) is 5.73 Å². The van der Waals surface area contributed by atoms with Crippen LogP contribution in [0.15, 0.2) is 23.1 Å². The van der Waals surface area contributed by atoms with E-state index in [9.17, 15) is 18.0 Å². The number of hydrogen-bond donors (Lipinski definition) is 2. The zero-order valence-electron chi connectivity index (χ0n) is 14.5. The molecule has 7 nitrogen and oxygen atoms in total. The number of fused-ring (bicyclic) bond motifs is 1. The smallest absolute Gasteiger partial charge is 0.268 e. The maximum absolute atomic E-state index is 12.5. The van der Waals surface area contributed by atoms with Gasteiger partial charge in [-0.2, -0.15) is 0 Å². The van der Waals surface area contributed by atoms with Gasteiger partial charge in [-0.3, -0.25) is 9.59 Å². The lowest BCUT2D eigenvalue weighted by Crippen LogP contribution is -2.52. The highest BCUT2D eigenvalue weighted by Crippen LogP contribution is 2.31. The number of halogens is 1. The first kappa shape index (κ1) is 21.4.